The molecule has 0 aliphatic heterocycles. The minimum absolute atomic E-state index is 0.182. The molecule has 0 spiro atoms. The number of likely N-dealkylation sites (N-methyl/N-ethyl adjacent to an activating group) is 1. The molecule has 3 N–H and O–H groups in total. The van der Waals surface area contributed by atoms with Crippen LogP contribution in [0.5, 0.6) is 0 Å². The van der Waals surface area contributed by atoms with E-state index in [2.05, 4.69) is 0 Å². The standard InChI is InChI=1S/C20H37NO9P2/c1-21(20(14-22,15-23)16-24)13-19-11-17(6-8-31(25,27-2)28-3)10-18(12-19)7-9-32(26,29-4)30-5/h10-12,22-24H,6-9,13-16H2,1-5H3. The van der Waals surface area contributed by atoms with Crippen LogP contribution in [0, 0.1) is 0 Å². The lowest BCUT2D eigenvalue weighted by Gasteiger charge is -2.37. The third-order valence-electron chi connectivity index (χ3n) is 5.69. The Morgan fingerprint density at radius 1 is 0.750 bits per heavy atom. The maximum absolute atomic E-state index is 12.4. The normalized spacial score (nSPS) is 13.2. The Kier molecular flexibility index (Phi) is 12.2. The summed E-state index contributed by atoms with van der Waals surface area (Å²) in [6, 6.07) is 5.75. The molecule has 0 radical (unpaired) electrons. The van der Waals surface area contributed by atoms with Crippen molar-refractivity contribution in [3.8, 4) is 0 Å². The van der Waals surface area contributed by atoms with Gasteiger partial charge in [-0.1, -0.05) is 18.2 Å². The monoisotopic (exact) mass is 497 g/mol. The van der Waals surface area contributed by atoms with E-state index >= 15 is 0 Å². The van der Waals surface area contributed by atoms with Crippen molar-refractivity contribution < 1.29 is 42.5 Å². The summed E-state index contributed by atoms with van der Waals surface area (Å²) in [6.07, 6.45) is 1.20. The number of nitrogens with zero attached hydrogens (tertiary/aromatic N) is 1. The minimum atomic E-state index is -3.19. The second-order valence-corrected chi connectivity index (χ2v) is 12.4. The van der Waals surface area contributed by atoms with Crippen LogP contribution in [-0.4, -0.2) is 93.4 Å². The number of hydrogen-bond donors (Lipinski definition) is 3. The van der Waals surface area contributed by atoms with Crippen LogP contribution in [-0.2, 0) is 46.6 Å². The molecule has 0 saturated carbocycles. The Labute approximate surface area is 190 Å². The molecule has 0 fully saturated rings. The van der Waals surface area contributed by atoms with E-state index in [-0.39, 0.29) is 12.3 Å². The molecule has 0 bridgehead atoms. The van der Waals surface area contributed by atoms with E-state index in [1.807, 2.05) is 18.2 Å². The Balaban J connectivity index is 3.21. The number of aliphatic hydroxyl groups excluding tert-OH is 3. The first-order valence-electron chi connectivity index (χ1n) is 10.1. The first-order chi connectivity index (χ1) is 15.1. The van der Waals surface area contributed by atoms with Crippen molar-refractivity contribution in [2.45, 2.75) is 24.9 Å². The summed E-state index contributed by atoms with van der Waals surface area (Å²) in [5.41, 5.74) is 1.40. The molecule has 0 aliphatic rings. The molecule has 0 aromatic heterocycles. The second kappa shape index (κ2) is 13.3. The van der Waals surface area contributed by atoms with Crippen molar-refractivity contribution in [2.24, 2.45) is 0 Å². The quantitative estimate of drug-likeness (QED) is 0.291. The Morgan fingerprint density at radius 3 is 1.41 bits per heavy atom. The van der Waals surface area contributed by atoms with Crippen molar-refractivity contribution >= 4 is 15.2 Å². The van der Waals surface area contributed by atoms with E-state index in [0.717, 1.165) is 16.7 Å². The summed E-state index contributed by atoms with van der Waals surface area (Å²) in [5, 5.41) is 29.1. The zero-order valence-electron chi connectivity index (χ0n) is 19.5. The number of aryl methyl sites for hydroxylation is 2. The molecule has 0 amide bonds. The van der Waals surface area contributed by atoms with Crippen LogP contribution in [0.25, 0.3) is 0 Å². The SMILES string of the molecule is COP(=O)(CCc1cc(CCP(=O)(OC)OC)cc(CN(C)C(CO)(CO)CO)c1)OC. The number of hydrogen-bond acceptors (Lipinski definition) is 10. The molecule has 12 heteroatoms. The molecule has 1 aromatic carbocycles. The molecule has 0 unspecified atom stereocenters. The van der Waals surface area contributed by atoms with Gasteiger partial charge in [-0.15, -0.1) is 0 Å². The van der Waals surface area contributed by atoms with Crippen molar-refractivity contribution in [2.75, 3.05) is 67.6 Å². The smallest absolute Gasteiger partial charge is 0.330 e. The van der Waals surface area contributed by atoms with Crippen LogP contribution in [0.4, 0.5) is 0 Å². The van der Waals surface area contributed by atoms with Crippen LogP contribution in [0.1, 0.15) is 16.7 Å². The first-order valence-corrected chi connectivity index (χ1v) is 13.6. The van der Waals surface area contributed by atoms with Crippen LogP contribution in [0.15, 0.2) is 18.2 Å². The van der Waals surface area contributed by atoms with Gasteiger partial charge in [-0.2, -0.15) is 0 Å². The molecule has 186 valence electrons. The predicted octanol–water partition coefficient (Wildman–Crippen LogP) is 1.89. The average Bonchev–Trinajstić information content (AvgIpc) is 2.82. The maximum Gasteiger partial charge on any atom is 0.330 e. The molecular formula is C20H37NO9P2. The largest absolute Gasteiger partial charge is 0.394 e. The lowest BCUT2D eigenvalue weighted by molar-refractivity contribution is -0.0387. The first kappa shape index (κ1) is 29.4. The Morgan fingerprint density at radius 2 is 1.09 bits per heavy atom. The fourth-order valence-electron chi connectivity index (χ4n) is 3.22. The van der Waals surface area contributed by atoms with E-state index in [1.54, 1.807) is 11.9 Å². The highest BCUT2D eigenvalue weighted by atomic mass is 31.2. The predicted molar refractivity (Wildman–Crippen MR) is 122 cm³/mol. The fourth-order valence-corrected chi connectivity index (χ4v) is 5.31. The molecule has 0 aliphatic carbocycles. The van der Waals surface area contributed by atoms with E-state index in [9.17, 15) is 24.4 Å². The maximum atomic E-state index is 12.4. The fraction of sp³-hybridized carbons (Fsp3) is 0.700. The number of aliphatic hydroxyl groups is 3. The van der Waals surface area contributed by atoms with Crippen LogP contribution in [0.2, 0.25) is 0 Å². The van der Waals surface area contributed by atoms with Crippen LogP contribution < -0.4 is 0 Å². The molecule has 0 heterocycles. The molecule has 0 atom stereocenters. The number of rotatable bonds is 16. The van der Waals surface area contributed by atoms with Crippen LogP contribution >= 0.6 is 15.2 Å². The number of benzene rings is 1. The summed E-state index contributed by atoms with van der Waals surface area (Å²) < 4.78 is 45.0. The summed E-state index contributed by atoms with van der Waals surface area (Å²) in [5.74, 6) is 0. The van der Waals surface area contributed by atoms with Gasteiger partial charge in [0.1, 0.15) is 0 Å². The summed E-state index contributed by atoms with van der Waals surface area (Å²) >= 11 is 0. The zero-order valence-corrected chi connectivity index (χ0v) is 21.3. The minimum Gasteiger partial charge on any atom is -0.394 e. The van der Waals surface area contributed by atoms with Gasteiger partial charge in [0.05, 0.1) is 37.7 Å². The molecule has 10 nitrogen and oxygen atoms in total. The molecule has 32 heavy (non-hydrogen) atoms. The van der Waals surface area contributed by atoms with Crippen molar-refractivity contribution in [1.82, 2.24) is 4.90 Å². The van der Waals surface area contributed by atoms with E-state index in [1.165, 1.54) is 28.4 Å². The van der Waals surface area contributed by atoms with Gasteiger partial charge < -0.3 is 33.4 Å². The molecular weight excluding hydrogens is 460 g/mol. The highest BCUT2D eigenvalue weighted by Gasteiger charge is 2.33. The Bertz CT molecular complexity index is 729. The highest BCUT2D eigenvalue weighted by molar-refractivity contribution is 7.54. The van der Waals surface area contributed by atoms with E-state index in [4.69, 9.17) is 18.1 Å². The average molecular weight is 497 g/mol. The Hall–Kier alpha value is -0.640. The van der Waals surface area contributed by atoms with Crippen molar-refractivity contribution in [1.29, 1.82) is 0 Å². The third-order valence-corrected chi connectivity index (χ3v) is 9.45. The van der Waals surface area contributed by atoms with E-state index < -0.39 is 40.6 Å². The third kappa shape index (κ3) is 7.99. The summed E-state index contributed by atoms with van der Waals surface area (Å²) in [6.45, 7) is -0.933. The zero-order chi connectivity index (χ0) is 24.4. The van der Waals surface area contributed by atoms with E-state index in [0.29, 0.717) is 19.4 Å². The molecule has 1 rings (SSSR count). The van der Waals surface area contributed by atoms with Gasteiger partial charge in [0.2, 0.25) is 0 Å². The highest BCUT2D eigenvalue weighted by Crippen LogP contribution is 2.47. The second-order valence-electron chi connectivity index (χ2n) is 7.61. The van der Waals surface area contributed by atoms with Gasteiger partial charge in [-0.3, -0.25) is 14.0 Å². The van der Waals surface area contributed by atoms with Gasteiger partial charge in [0.25, 0.3) is 0 Å². The van der Waals surface area contributed by atoms with Gasteiger partial charge >= 0.3 is 15.2 Å². The summed E-state index contributed by atoms with van der Waals surface area (Å²) in [7, 11) is 0.673. The van der Waals surface area contributed by atoms with Gasteiger partial charge in [0, 0.05) is 35.0 Å². The molecule has 0 saturated heterocycles. The lowest BCUT2D eigenvalue weighted by atomic mass is 9.98. The lowest BCUT2D eigenvalue weighted by Crippen LogP contribution is -2.55. The van der Waals surface area contributed by atoms with Crippen molar-refractivity contribution in [3.05, 3.63) is 34.9 Å². The topological polar surface area (TPSA) is 135 Å². The van der Waals surface area contributed by atoms with Crippen molar-refractivity contribution in [3.63, 3.8) is 0 Å². The van der Waals surface area contributed by atoms with Gasteiger partial charge in [-0.25, -0.2) is 0 Å². The van der Waals surface area contributed by atoms with Gasteiger partial charge in [-0.05, 0) is 36.6 Å². The molecule has 1 aromatic rings. The van der Waals surface area contributed by atoms with Crippen LogP contribution in [0.3, 0.4) is 0 Å². The summed E-state index contributed by atoms with van der Waals surface area (Å²) in [4.78, 5) is 1.68. The van der Waals surface area contributed by atoms with Gasteiger partial charge in [0.15, 0.2) is 0 Å².